The van der Waals surface area contributed by atoms with Gasteiger partial charge in [-0.05, 0) is 27.7 Å². The highest BCUT2D eigenvalue weighted by atomic mass is 32.1. The van der Waals surface area contributed by atoms with Gasteiger partial charge in [-0.15, -0.1) is 12.6 Å². The summed E-state index contributed by atoms with van der Waals surface area (Å²) in [6, 6.07) is 0. The third-order valence-electron chi connectivity index (χ3n) is 1.47. The molecule has 19 heavy (non-hydrogen) atoms. The molecule has 116 valence electrons. The minimum absolute atomic E-state index is 0.244. The highest BCUT2D eigenvalue weighted by molar-refractivity contribution is 7.81. The van der Waals surface area contributed by atoms with E-state index in [2.05, 4.69) is 12.6 Å². The van der Waals surface area contributed by atoms with E-state index in [1.54, 1.807) is 0 Å². The lowest BCUT2D eigenvalue weighted by Gasteiger charge is -2.21. The van der Waals surface area contributed by atoms with Crippen LogP contribution in [0.2, 0.25) is 0 Å². The van der Waals surface area contributed by atoms with Crippen LogP contribution in [0, 0.1) is 0 Å². The van der Waals surface area contributed by atoms with Crippen molar-refractivity contribution in [2.24, 2.45) is 0 Å². The van der Waals surface area contributed by atoms with Crippen LogP contribution in [0.5, 0.6) is 0 Å². The van der Waals surface area contributed by atoms with Crippen molar-refractivity contribution in [3.63, 3.8) is 0 Å². The SMILES string of the molecule is CCOP(OCC)OCC(S)OP(OCC)OCC. The molecule has 9 heteroatoms. The molecule has 0 aliphatic rings. The normalized spacial score (nSPS) is 13.4. The summed E-state index contributed by atoms with van der Waals surface area (Å²) in [5, 5.41) is 0. The fourth-order valence-corrected chi connectivity index (χ4v) is 3.09. The van der Waals surface area contributed by atoms with Crippen LogP contribution in [-0.4, -0.2) is 38.5 Å². The first-order valence-electron chi connectivity index (χ1n) is 6.27. The first kappa shape index (κ1) is 20.0. The lowest BCUT2D eigenvalue weighted by atomic mass is 10.8. The Labute approximate surface area is 123 Å². The van der Waals surface area contributed by atoms with Crippen LogP contribution in [0.25, 0.3) is 0 Å². The smallest absolute Gasteiger partial charge is 0.313 e. The number of hydrogen-bond donors (Lipinski definition) is 1. The first-order valence-corrected chi connectivity index (χ1v) is 8.98. The summed E-state index contributed by atoms with van der Waals surface area (Å²) in [7, 11) is -2.72. The maximum absolute atomic E-state index is 5.50. The molecule has 0 spiro atoms. The highest BCUT2D eigenvalue weighted by Gasteiger charge is 2.19. The maximum Gasteiger partial charge on any atom is 0.333 e. The van der Waals surface area contributed by atoms with Crippen molar-refractivity contribution >= 4 is 29.8 Å². The molecule has 0 aromatic carbocycles. The molecule has 1 atom stereocenters. The molecule has 0 bridgehead atoms. The highest BCUT2D eigenvalue weighted by Crippen LogP contribution is 2.43. The van der Waals surface area contributed by atoms with Crippen LogP contribution < -0.4 is 0 Å². The van der Waals surface area contributed by atoms with Gasteiger partial charge in [0.15, 0.2) is 0 Å². The van der Waals surface area contributed by atoms with Crippen LogP contribution in [0.3, 0.4) is 0 Å². The average Bonchev–Trinajstić information content (AvgIpc) is 2.37. The van der Waals surface area contributed by atoms with E-state index >= 15 is 0 Å². The average molecular weight is 334 g/mol. The minimum atomic E-state index is -1.38. The summed E-state index contributed by atoms with van der Waals surface area (Å²) < 4.78 is 32.2. The topological polar surface area (TPSA) is 55.4 Å². The monoisotopic (exact) mass is 334 g/mol. The Balaban J connectivity index is 3.94. The summed E-state index contributed by atoms with van der Waals surface area (Å²) in [6.07, 6.45) is 0. The largest absolute Gasteiger partial charge is 0.333 e. The second-order valence-corrected chi connectivity index (χ2v) is 5.95. The predicted octanol–water partition coefficient (Wildman–Crippen LogP) is 3.88. The van der Waals surface area contributed by atoms with Crippen molar-refractivity contribution in [3.05, 3.63) is 0 Å². The Hall–Kier alpha value is 0.970. The summed E-state index contributed by atoms with van der Waals surface area (Å²) >= 11 is 4.27. The van der Waals surface area contributed by atoms with Gasteiger partial charge in [0.1, 0.15) is 5.44 Å². The molecule has 0 saturated heterocycles. The van der Waals surface area contributed by atoms with Crippen LogP contribution >= 0.6 is 29.8 Å². The van der Waals surface area contributed by atoms with E-state index in [1.165, 1.54) is 0 Å². The van der Waals surface area contributed by atoms with Gasteiger partial charge in [0.2, 0.25) is 0 Å². The Kier molecular flexibility index (Phi) is 14.6. The molecule has 0 rings (SSSR count). The molecule has 0 saturated carbocycles. The summed E-state index contributed by atoms with van der Waals surface area (Å²) in [6.45, 7) is 9.90. The van der Waals surface area contributed by atoms with Gasteiger partial charge in [-0.1, -0.05) is 0 Å². The summed E-state index contributed by atoms with van der Waals surface area (Å²) in [5.41, 5.74) is -0.449. The van der Waals surface area contributed by atoms with E-state index < -0.39 is 22.6 Å². The molecule has 0 amide bonds. The number of hydrogen-bond acceptors (Lipinski definition) is 7. The van der Waals surface area contributed by atoms with E-state index in [-0.39, 0.29) is 6.61 Å². The molecule has 0 aliphatic heterocycles. The molecule has 1 unspecified atom stereocenters. The van der Waals surface area contributed by atoms with Gasteiger partial charge >= 0.3 is 17.2 Å². The van der Waals surface area contributed by atoms with Gasteiger partial charge in [-0.3, -0.25) is 4.52 Å². The Morgan fingerprint density at radius 2 is 1.16 bits per heavy atom. The van der Waals surface area contributed by atoms with Crippen molar-refractivity contribution in [1.82, 2.24) is 0 Å². The first-order chi connectivity index (χ1) is 9.17. The van der Waals surface area contributed by atoms with E-state index in [0.717, 1.165) is 0 Å². The molecule has 0 aromatic rings. The van der Waals surface area contributed by atoms with Gasteiger partial charge in [-0.25, -0.2) is 0 Å². The van der Waals surface area contributed by atoms with Crippen molar-refractivity contribution in [2.75, 3.05) is 33.0 Å². The predicted molar refractivity (Wildman–Crippen MR) is 80.2 cm³/mol. The Bertz CT molecular complexity index is 191. The summed E-state index contributed by atoms with van der Waals surface area (Å²) in [5.74, 6) is 0. The molecular weight excluding hydrogens is 310 g/mol. The molecule has 6 nitrogen and oxygen atoms in total. The molecular formula is C10H24O6P2S. The van der Waals surface area contributed by atoms with E-state index in [9.17, 15) is 0 Å². The Morgan fingerprint density at radius 3 is 1.58 bits per heavy atom. The van der Waals surface area contributed by atoms with Gasteiger partial charge in [-0.2, -0.15) is 0 Å². The van der Waals surface area contributed by atoms with E-state index in [1.807, 2.05) is 27.7 Å². The zero-order valence-electron chi connectivity index (χ0n) is 11.9. The van der Waals surface area contributed by atoms with Gasteiger partial charge < -0.3 is 22.6 Å². The quantitative estimate of drug-likeness (QED) is 0.313. The number of thiol groups is 1. The second-order valence-electron chi connectivity index (χ2n) is 2.97. The van der Waals surface area contributed by atoms with Gasteiger partial charge in [0, 0.05) is 0 Å². The lowest BCUT2D eigenvalue weighted by Crippen LogP contribution is -2.12. The van der Waals surface area contributed by atoms with Crippen molar-refractivity contribution < 1.29 is 27.1 Å². The standard InChI is InChI=1S/C10H24O6P2S/c1-5-11-17(12-6-2)15-9-10(19)16-18(13-7-3)14-8-4/h10,19H,5-9H2,1-4H3. The molecule has 0 radical (unpaired) electrons. The molecule has 0 heterocycles. The molecule has 0 N–H and O–H groups in total. The fraction of sp³-hybridized carbons (Fsp3) is 1.00. The van der Waals surface area contributed by atoms with Crippen molar-refractivity contribution in [1.29, 1.82) is 0 Å². The Morgan fingerprint density at radius 1 is 0.737 bits per heavy atom. The van der Waals surface area contributed by atoms with Crippen LogP contribution in [0.15, 0.2) is 0 Å². The van der Waals surface area contributed by atoms with Crippen LogP contribution in [-0.2, 0) is 27.1 Å². The summed E-state index contributed by atoms with van der Waals surface area (Å²) in [4.78, 5) is 0. The van der Waals surface area contributed by atoms with Crippen LogP contribution in [0.1, 0.15) is 27.7 Å². The molecule has 0 aromatic heterocycles. The molecule has 0 aliphatic carbocycles. The third-order valence-corrected chi connectivity index (χ3v) is 4.55. The fourth-order valence-electron chi connectivity index (χ4n) is 0.886. The number of rotatable bonds is 13. The second kappa shape index (κ2) is 13.9. The zero-order chi connectivity index (χ0) is 14.5. The lowest BCUT2D eigenvalue weighted by molar-refractivity contribution is 0.111. The third kappa shape index (κ3) is 11.3. The van der Waals surface area contributed by atoms with Crippen molar-refractivity contribution in [2.45, 2.75) is 33.1 Å². The van der Waals surface area contributed by atoms with Gasteiger partial charge in [0.05, 0.1) is 33.0 Å². The van der Waals surface area contributed by atoms with Crippen LogP contribution in [0.4, 0.5) is 0 Å². The van der Waals surface area contributed by atoms with E-state index in [4.69, 9.17) is 27.1 Å². The van der Waals surface area contributed by atoms with Crippen molar-refractivity contribution in [3.8, 4) is 0 Å². The maximum atomic E-state index is 5.50. The minimum Gasteiger partial charge on any atom is -0.313 e. The molecule has 0 fully saturated rings. The van der Waals surface area contributed by atoms with E-state index in [0.29, 0.717) is 26.4 Å². The van der Waals surface area contributed by atoms with Gasteiger partial charge in [0.25, 0.3) is 0 Å². The zero-order valence-corrected chi connectivity index (χ0v) is 14.6.